The molecule has 1 N–H and O–H groups in total. The average Bonchev–Trinajstić information content (AvgIpc) is 2.88. The Hall–Kier alpha value is -3.10. The summed E-state index contributed by atoms with van der Waals surface area (Å²) in [7, 11) is -2.55. The van der Waals surface area contributed by atoms with Crippen LogP contribution in [0.1, 0.15) is 45.1 Å². The Morgan fingerprint density at radius 2 is 1.56 bits per heavy atom. The van der Waals surface area contributed by atoms with Gasteiger partial charge in [-0.05, 0) is 61.9 Å². The van der Waals surface area contributed by atoms with E-state index < -0.39 is 15.8 Å². The Balaban J connectivity index is 2.16. The van der Waals surface area contributed by atoms with Crippen molar-refractivity contribution in [2.24, 2.45) is 0 Å². The number of sulfonamides is 1. The lowest BCUT2D eigenvalue weighted by Gasteiger charge is -2.29. The Kier molecular flexibility index (Phi) is 10.1. The van der Waals surface area contributed by atoms with Crippen molar-refractivity contribution in [2.75, 3.05) is 25.0 Å². The van der Waals surface area contributed by atoms with Crippen molar-refractivity contribution in [1.29, 1.82) is 0 Å². The van der Waals surface area contributed by atoms with Gasteiger partial charge in [-0.15, -0.1) is 0 Å². The molecule has 0 aromatic heterocycles. The van der Waals surface area contributed by atoms with E-state index in [4.69, 9.17) is 9.47 Å². The minimum Gasteiger partial charge on any atom is -0.489 e. The fourth-order valence-electron chi connectivity index (χ4n) is 3.76. The Bertz CT molecular complexity index is 1210. The Morgan fingerprint density at radius 3 is 2.17 bits per heavy atom. The molecule has 3 aromatic rings. The van der Waals surface area contributed by atoms with Gasteiger partial charge in [-0.25, -0.2) is 17.5 Å². The minimum absolute atomic E-state index is 0.0172. The first-order valence-electron chi connectivity index (χ1n) is 12.3. The second-order valence-electron chi connectivity index (χ2n) is 8.51. The van der Waals surface area contributed by atoms with E-state index in [0.717, 1.165) is 38.8 Å². The molecule has 36 heavy (non-hydrogen) atoms. The van der Waals surface area contributed by atoms with Gasteiger partial charge in [0.2, 0.25) is 10.0 Å². The molecular weight excluding hydrogens is 479 g/mol. The molecule has 0 amide bonds. The van der Waals surface area contributed by atoms with E-state index in [0.29, 0.717) is 17.0 Å². The first kappa shape index (κ1) is 27.5. The highest BCUT2D eigenvalue weighted by Crippen LogP contribution is 2.40. The number of unbranched alkanes of at least 4 members (excludes halogenated alkanes) is 2. The normalized spacial score (nSPS) is 11.3. The third-order valence-corrected chi connectivity index (χ3v) is 7.14. The molecule has 6 nitrogen and oxygen atoms in total. The van der Waals surface area contributed by atoms with Crippen molar-refractivity contribution in [3.05, 3.63) is 78.1 Å². The number of nitrogens with zero attached hydrogens (tertiary/aromatic N) is 1. The highest BCUT2D eigenvalue weighted by atomic mass is 32.2. The second-order valence-corrected chi connectivity index (χ2v) is 10.4. The van der Waals surface area contributed by atoms with Crippen molar-refractivity contribution in [2.45, 2.75) is 51.0 Å². The molecule has 0 aliphatic rings. The molecule has 0 aliphatic heterocycles. The quantitative estimate of drug-likeness (QED) is 0.266. The number of rotatable bonds is 14. The van der Waals surface area contributed by atoms with Gasteiger partial charge in [0.25, 0.3) is 0 Å². The standard InChI is InChI=1S/C28H35FN2O4S/c1-4-6-16-31(17-7-5-2)26-18-22(21-34-24-13-9-8-10-14-24)19-27(36(32,33)30-3)28(26)35-25-15-11-12-23(29)20-25/h8-15,18-20,30H,4-7,16-17,21H2,1-3H3. The van der Waals surface area contributed by atoms with E-state index in [1.54, 1.807) is 12.1 Å². The summed E-state index contributed by atoms with van der Waals surface area (Å²) < 4.78 is 54.8. The number of nitrogens with one attached hydrogen (secondary N) is 1. The monoisotopic (exact) mass is 514 g/mol. The summed E-state index contributed by atoms with van der Waals surface area (Å²) in [6.07, 6.45) is 3.84. The zero-order chi connectivity index (χ0) is 26.0. The lowest BCUT2D eigenvalue weighted by atomic mass is 10.1. The van der Waals surface area contributed by atoms with Crippen LogP contribution < -0.4 is 19.1 Å². The first-order chi connectivity index (χ1) is 17.4. The SMILES string of the molecule is CCCCN(CCCC)c1cc(COc2ccccc2)cc(S(=O)(=O)NC)c1Oc1cccc(F)c1. The lowest BCUT2D eigenvalue weighted by molar-refractivity contribution is 0.305. The predicted molar refractivity (Wildman–Crippen MR) is 142 cm³/mol. The molecule has 0 saturated carbocycles. The smallest absolute Gasteiger partial charge is 0.244 e. The van der Waals surface area contributed by atoms with Gasteiger partial charge < -0.3 is 14.4 Å². The molecule has 0 bridgehead atoms. The maximum atomic E-state index is 14.0. The number of para-hydroxylation sites is 1. The Morgan fingerprint density at radius 1 is 0.889 bits per heavy atom. The van der Waals surface area contributed by atoms with Crippen LogP contribution in [0.15, 0.2) is 71.6 Å². The Labute approximate surface area is 214 Å². The minimum atomic E-state index is -3.91. The van der Waals surface area contributed by atoms with Crippen LogP contribution in [0.4, 0.5) is 10.1 Å². The lowest BCUT2D eigenvalue weighted by Crippen LogP contribution is -2.27. The predicted octanol–water partition coefficient (Wildman–Crippen LogP) is 6.51. The van der Waals surface area contributed by atoms with Gasteiger partial charge in [0.1, 0.15) is 28.8 Å². The molecule has 0 spiro atoms. The highest BCUT2D eigenvalue weighted by molar-refractivity contribution is 7.89. The summed E-state index contributed by atoms with van der Waals surface area (Å²) in [5.74, 6) is 0.619. The highest BCUT2D eigenvalue weighted by Gasteiger charge is 2.26. The van der Waals surface area contributed by atoms with Gasteiger partial charge >= 0.3 is 0 Å². The van der Waals surface area contributed by atoms with E-state index >= 15 is 0 Å². The zero-order valence-corrected chi connectivity index (χ0v) is 22.0. The number of benzene rings is 3. The summed E-state index contributed by atoms with van der Waals surface area (Å²) in [6, 6.07) is 18.5. The van der Waals surface area contributed by atoms with E-state index in [-0.39, 0.29) is 23.0 Å². The molecule has 8 heteroatoms. The van der Waals surface area contributed by atoms with Gasteiger partial charge in [-0.3, -0.25) is 0 Å². The van der Waals surface area contributed by atoms with Crippen molar-refractivity contribution in [3.8, 4) is 17.2 Å². The van der Waals surface area contributed by atoms with E-state index in [1.165, 1.54) is 25.2 Å². The van der Waals surface area contributed by atoms with Gasteiger partial charge in [0, 0.05) is 19.2 Å². The fraction of sp³-hybridized carbons (Fsp3) is 0.357. The van der Waals surface area contributed by atoms with Crippen LogP contribution in [0.25, 0.3) is 0 Å². The summed E-state index contributed by atoms with van der Waals surface area (Å²) in [5.41, 5.74) is 1.33. The molecular formula is C28H35FN2O4S. The summed E-state index contributed by atoms with van der Waals surface area (Å²) in [5, 5.41) is 0. The van der Waals surface area contributed by atoms with Crippen molar-refractivity contribution in [1.82, 2.24) is 4.72 Å². The van der Waals surface area contributed by atoms with Gasteiger partial charge in [0.15, 0.2) is 5.75 Å². The number of hydrogen-bond donors (Lipinski definition) is 1. The number of hydrogen-bond acceptors (Lipinski definition) is 5. The first-order valence-corrected chi connectivity index (χ1v) is 13.8. The molecule has 0 aliphatic carbocycles. The topological polar surface area (TPSA) is 67.9 Å². The maximum absolute atomic E-state index is 14.0. The molecule has 3 aromatic carbocycles. The van der Waals surface area contributed by atoms with Gasteiger partial charge in [0.05, 0.1) is 5.69 Å². The van der Waals surface area contributed by atoms with Crippen LogP contribution in [-0.4, -0.2) is 28.6 Å². The summed E-state index contributed by atoms with van der Waals surface area (Å²) in [4.78, 5) is 2.14. The van der Waals surface area contributed by atoms with Gasteiger partial charge in [-0.1, -0.05) is 51.0 Å². The molecule has 0 heterocycles. The van der Waals surface area contributed by atoms with Crippen LogP contribution in [0.3, 0.4) is 0 Å². The van der Waals surface area contributed by atoms with Crippen molar-refractivity contribution in [3.63, 3.8) is 0 Å². The molecule has 0 fully saturated rings. The maximum Gasteiger partial charge on any atom is 0.244 e. The average molecular weight is 515 g/mol. The molecule has 0 saturated heterocycles. The van der Waals surface area contributed by atoms with Crippen LogP contribution in [0, 0.1) is 5.82 Å². The van der Waals surface area contributed by atoms with Crippen LogP contribution in [0.2, 0.25) is 0 Å². The van der Waals surface area contributed by atoms with Gasteiger partial charge in [-0.2, -0.15) is 0 Å². The number of ether oxygens (including phenoxy) is 2. The third-order valence-electron chi connectivity index (χ3n) is 5.72. The third kappa shape index (κ3) is 7.45. The molecule has 0 radical (unpaired) electrons. The van der Waals surface area contributed by atoms with Crippen molar-refractivity contribution < 1.29 is 22.3 Å². The number of halogens is 1. The number of anilines is 1. The van der Waals surface area contributed by atoms with E-state index in [9.17, 15) is 12.8 Å². The molecule has 3 rings (SSSR count). The van der Waals surface area contributed by atoms with Crippen molar-refractivity contribution >= 4 is 15.7 Å². The summed E-state index contributed by atoms with van der Waals surface area (Å²) >= 11 is 0. The molecule has 0 atom stereocenters. The van der Waals surface area contributed by atoms with Crippen LogP contribution in [-0.2, 0) is 16.6 Å². The van der Waals surface area contributed by atoms with Crippen LogP contribution >= 0.6 is 0 Å². The summed E-state index contributed by atoms with van der Waals surface area (Å²) in [6.45, 7) is 5.88. The van der Waals surface area contributed by atoms with E-state index in [1.807, 2.05) is 36.4 Å². The van der Waals surface area contributed by atoms with E-state index in [2.05, 4.69) is 23.5 Å². The molecule has 0 unspecified atom stereocenters. The largest absolute Gasteiger partial charge is 0.489 e. The second kappa shape index (κ2) is 13.3. The van der Waals surface area contributed by atoms with Crippen LogP contribution in [0.5, 0.6) is 17.2 Å². The zero-order valence-electron chi connectivity index (χ0n) is 21.2. The molecule has 194 valence electrons. The fourth-order valence-corrected chi connectivity index (χ4v) is 4.67.